The van der Waals surface area contributed by atoms with Crippen LogP contribution in [0.2, 0.25) is 0 Å². The van der Waals surface area contributed by atoms with E-state index in [2.05, 4.69) is 15.5 Å². The highest BCUT2D eigenvalue weighted by Crippen LogP contribution is 2.35. The fourth-order valence-corrected chi connectivity index (χ4v) is 4.92. The fraction of sp³-hybridized carbons (Fsp3) is 0.333. The van der Waals surface area contributed by atoms with Crippen LogP contribution in [0.5, 0.6) is 0 Å². The van der Waals surface area contributed by atoms with Crippen LogP contribution >= 0.6 is 11.3 Å². The highest BCUT2D eigenvalue weighted by atomic mass is 32.1. The van der Waals surface area contributed by atoms with Crippen molar-refractivity contribution < 1.29 is 27.8 Å². The van der Waals surface area contributed by atoms with Gasteiger partial charge >= 0.3 is 6.09 Å². The van der Waals surface area contributed by atoms with Gasteiger partial charge in [0.05, 0.1) is 0 Å². The van der Waals surface area contributed by atoms with Crippen LogP contribution in [-0.4, -0.2) is 51.4 Å². The second kappa shape index (κ2) is 13.1. The van der Waals surface area contributed by atoms with Crippen molar-refractivity contribution in [2.45, 2.75) is 52.7 Å². The van der Waals surface area contributed by atoms with E-state index in [0.717, 1.165) is 11.6 Å². The second-order valence-electron chi connectivity index (χ2n) is 10.5. The molecular formula is C30H33F2N5O4S. The molecule has 3 aromatic rings. The summed E-state index contributed by atoms with van der Waals surface area (Å²) < 4.78 is 39.4. The molecule has 2 heterocycles. The Labute approximate surface area is 247 Å². The van der Waals surface area contributed by atoms with Gasteiger partial charge in [-0.2, -0.15) is 0 Å². The first-order valence-corrected chi connectivity index (χ1v) is 14.2. The largest absolute Gasteiger partial charge is 0.490 e. The molecule has 0 aliphatic carbocycles. The van der Waals surface area contributed by atoms with Gasteiger partial charge in [0.2, 0.25) is 0 Å². The molecule has 0 fully saturated rings. The smallest absolute Gasteiger partial charge is 0.429 e. The Balaban J connectivity index is 1.71. The van der Waals surface area contributed by atoms with Crippen molar-refractivity contribution in [3.63, 3.8) is 0 Å². The summed E-state index contributed by atoms with van der Waals surface area (Å²) in [6.45, 7) is 7.57. The maximum Gasteiger partial charge on any atom is 0.429 e. The summed E-state index contributed by atoms with van der Waals surface area (Å²) in [5.74, 6) is -1.44. The summed E-state index contributed by atoms with van der Waals surface area (Å²) in [5.41, 5.74) is 1.14. The minimum Gasteiger partial charge on any atom is -0.490 e. The predicted molar refractivity (Wildman–Crippen MR) is 154 cm³/mol. The molecule has 1 aliphatic heterocycles. The number of nitrogens with one attached hydrogen (secondary N) is 1. The first-order valence-electron chi connectivity index (χ1n) is 13.4. The number of halogens is 2. The molecule has 4 rings (SSSR count). The normalized spacial score (nSPS) is 13.5. The number of hydrazine groups is 1. The lowest BCUT2D eigenvalue weighted by Gasteiger charge is -2.36. The van der Waals surface area contributed by atoms with Gasteiger partial charge in [-0.3, -0.25) is 4.79 Å². The number of amides is 2. The molecule has 9 nitrogen and oxygen atoms in total. The summed E-state index contributed by atoms with van der Waals surface area (Å²) in [5, 5.41) is 14.9. The molecule has 1 aromatic heterocycles. The Hall–Kier alpha value is -4.32. The quantitative estimate of drug-likeness (QED) is 0.333. The van der Waals surface area contributed by atoms with Crippen LogP contribution in [0.15, 0.2) is 66.2 Å². The highest BCUT2D eigenvalue weighted by molar-refractivity contribution is 7.12. The SMILES string of the molecule is CCNC(=O)C1=C(OCc2ccccc2)CC(c2nnc(Cc3ccc(F)cc3F)s2)=CN1N(C)C(=O)OC(C)(C)C. The Kier molecular flexibility index (Phi) is 9.56. The average Bonchev–Trinajstić information content (AvgIpc) is 3.41. The third kappa shape index (κ3) is 7.69. The molecular weight excluding hydrogens is 564 g/mol. The van der Waals surface area contributed by atoms with E-state index in [1.165, 1.54) is 40.5 Å². The Morgan fingerprint density at radius 3 is 2.52 bits per heavy atom. The van der Waals surface area contributed by atoms with E-state index < -0.39 is 29.2 Å². The number of hydrogen-bond acceptors (Lipinski definition) is 8. The van der Waals surface area contributed by atoms with E-state index in [1.54, 1.807) is 33.9 Å². The summed E-state index contributed by atoms with van der Waals surface area (Å²) in [6, 6.07) is 12.9. The van der Waals surface area contributed by atoms with Crippen molar-refractivity contribution in [1.82, 2.24) is 25.5 Å². The van der Waals surface area contributed by atoms with Crippen molar-refractivity contribution in [1.29, 1.82) is 0 Å². The molecule has 2 amide bonds. The average molecular weight is 598 g/mol. The molecule has 2 aromatic carbocycles. The number of carbonyl (C=O) groups is 2. The summed E-state index contributed by atoms with van der Waals surface area (Å²) in [7, 11) is 1.49. The number of allylic oxidation sites excluding steroid dienone is 1. The van der Waals surface area contributed by atoms with E-state index in [1.807, 2.05) is 30.3 Å². The van der Waals surface area contributed by atoms with Crippen LogP contribution in [0.3, 0.4) is 0 Å². The molecule has 0 radical (unpaired) electrons. The second-order valence-corrected chi connectivity index (χ2v) is 11.6. The van der Waals surface area contributed by atoms with Gasteiger partial charge in [0.25, 0.3) is 5.91 Å². The minimum absolute atomic E-state index is 0.121. The maximum atomic E-state index is 14.3. The number of aromatic nitrogens is 2. The van der Waals surface area contributed by atoms with Gasteiger partial charge in [0.15, 0.2) is 5.70 Å². The number of likely N-dealkylation sites (N-methyl/N-ethyl adjacent to an activating group) is 1. The topological polar surface area (TPSA) is 96.9 Å². The number of benzene rings is 2. The van der Waals surface area contributed by atoms with Crippen LogP contribution in [0, 0.1) is 11.6 Å². The summed E-state index contributed by atoms with van der Waals surface area (Å²) in [6.07, 6.45) is 1.23. The van der Waals surface area contributed by atoms with E-state index in [0.29, 0.717) is 27.9 Å². The lowest BCUT2D eigenvalue weighted by atomic mass is 10.1. The third-order valence-corrected chi connectivity index (χ3v) is 7.01. The highest BCUT2D eigenvalue weighted by Gasteiger charge is 2.34. The number of carbonyl (C=O) groups excluding carboxylic acids is 2. The Morgan fingerprint density at radius 1 is 1.12 bits per heavy atom. The van der Waals surface area contributed by atoms with Crippen LogP contribution in [0.4, 0.5) is 13.6 Å². The van der Waals surface area contributed by atoms with E-state index in [9.17, 15) is 18.4 Å². The van der Waals surface area contributed by atoms with E-state index in [4.69, 9.17) is 9.47 Å². The van der Waals surface area contributed by atoms with Gasteiger partial charge in [-0.05, 0) is 44.9 Å². The zero-order valence-electron chi connectivity index (χ0n) is 24.1. The van der Waals surface area contributed by atoms with Gasteiger partial charge < -0.3 is 14.8 Å². The predicted octanol–water partition coefficient (Wildman–Crippen LogP) is 5.80. The first-order chi connectivity index (χ1) is 19.9. The monoisotopic (exact) mass is 597 g/mol. The minimum atomic E-state index is -0.778. The first kappa shape index (κ1) is 30.6. The maximum absolute atomic E-state index is 14.3. The third-order valence-electron chi connectivity index (χ3n) is 6.01. The standard InChI is InChI=1S/C30H33F2N5O4S/c1-6-33-27(38)26-24(40-18-19-10-8-7-9-11-19)14-21(17-37(26)36(5)29(39)41-30(2,3)4)28-35-34-25(42-28)15-20-12-13-22(31)16-23(20)32/h7-13,16-17H,6,14-15,18H2,1-5H3,(H,33,38). The number of ether oxygens (including phenoxy) is 2. The number of hydrogen-bond donors (Lipinski definition) is 1. The van der Waals surface area contributed by atoms with E-state index >= 15 is 0 Å². The summed E-state index contributed by atoms with van der Waals surface area (Å²) >= 11 is 1.22. The zero-order valence-corrected chi connectivity index (χ0v) is 24.9. The number of nitrogens with zero attached hydrogens (tertiary/aromatic N) is 4. The van der Waals surface area contributed by atoms with Crippen LogP contribution in [-0.2, 0) is 27.3 Å². The van der Waals surface area contributed by atoms with Crippen molar-refractivity contribution in [2.75, 3.05) is 13.6 Å². The van der Waals surface area contributed by atoms with Gasteiger partial charge in [0.1, 0.15) is 39.6 Å². The fourth-order valence-electron chi connectivity index (χ4n) is 4.05. The molecule has 12 heteroatoms. The van der Waals surface area contributed by atoms with Gasteiger partial charge in [-0.25, -0.2) is 23.6 Å². The molecule has 0 saturated heterocycles. The molecule has 42 heavy (non-hydrogen) atoms. The molecule has 0 spiro atoms. The molecule has 0 saturated carbocycles. The molecule has 0 bridgehead atoms. The number of rotatable bonds is 9. The zero-order chi connectivity index (χ0) is 30.4. The van der Waals surface area contributed by atoms with Crippen LogP contribution in [0.25, 0.3) is 5.57 Å². The van der Waals surface area contributed by atoms with Gasteiger partial charge in [-0.15, -0.1) is 10.2 Å². The molecule has 1 aliphatic rings. The molecule has 222 valence electrons. The van der Waals surface area contributed by atoms with E-state index in [-0.39, 0.29) is 30.7 Å². The Morgan fingerprint density at radius 2 is 1.86 bits per heavy atom. The summed E-state index contributed by atoms with van der Waals surface area (Å²) in [4.78, 5) is 26.5. The van der Waals surface area contributed by atoms with Gasteiger partial charge in [-0.1, -0.05) is 47.7 Å². The lowest BCUT2D eigenvalue weighted by molar-refractivity contribution is -0.120. The van der Waals surface area contributed by atoms with Crippen molar-refractivity contribution in [3.05, 3.63) is 99.0 Å². The van der Waals surface area contributed by atoms with Crippen molar-refractivity contribution in [3.8, 4) is 0 Å². The van der Waals surface area contributed by atoms with Gasteiger partial charge in [0, 0.05) is 44.3 Å². The van der Waals surface area contributed by atoms with Crippen LogP contribution < -0.4 is 5.32 Å². The molecule has 1 N–H and O–H groups in total. The van der Waals surface area contributed by atoms with Crippen molar-refractivity contribution >= 4 is 28.9 Å². The molecule has 0 atom stereocenters. The lowest BCUT2D eigenvalue weighted by Crippen LogP contribution is -2.47. The Bertz CT molecular complexity index is 1500. The van der Waals surface area contributed by atoms with Crippen molar-refractivity contribution in [2.24, 2.45) is 0 Å². The molecule has 0 unspecified atom stereocenters. The van der Waals surface area contributed by atoms with Crippen LogP contribution in [0.1, 0.15) is 55.3 Å².